The van der Waals surface area contributed by atoms with Crippen LogP contribution in [0.1, 0.15) is 37.3 Å². The van der Waals surface area contributed by atoms with E-state index < -0.39 is 0 Å². The summed E-state index contributed by atoms with van der Waals surface area (Å²) in [4.78, 5) is 4.09. The van der Waals surface area contributed by atoms with Crippen molar-refractivity contribution < 1.29 is 5.11 Å². The Morgan fingerprint density at radius 1 is 1.46 bits per heavy atom. The van der Waals surface area contributed by atoms with E-state index in [1.165, 1.54) is 11.1 Å². The van der Waals surface area contributed by atoms with Gasteiger partial charge in [0.25, 0.3) is 0 Å². The third-order valence-electron chi connectivity index (χ3n) is 2.31. The number of aliphatic hydroxyl groups excluding tert-OH is 1. The molecule has 2 heteroatoms. The Kier molecular flexibility index (Phi) is 3.43. The van der Waals surface area contributed by atoms with Gasteiger partial charge in [-0.1, -0.05) is 6.92 Å². The lowest BCUT2D eigenvalue weighted by Crippen LogP contribution is -2.07. The molecule has 0 bridgehead atoms. The van der Waals surface area contributed by atoms with Crippen molar-refractivity contribution in [2.24, 2.45) is 0 Å². The van der Waals surface area contributed by atoms with Gasteiger partial charge in [-0.2, -0.15) is 0 Å². The quantitative estimate of drug-likeness (QED) is 0.772. The molecule has 1 aromatic rings. The molecule has 0 spiro atoms. The number of hydrogen-bond donors (Lipinski definition) is 1. The van der Waals surface area contributed by atoms with Gasteiger partial charge in [0.15, 0.2) is 0 Å². The molecule has 2 unspecified atom stereocenters. The smallest absolute Gasteiger partial charge is 0.0517 e. The Labute approximate surface area is 79.6 Å². The summed E-state index contributed by atoms with van der Waals surface area (Å²) in [6.45, 7) is 6.02. The van der Waals surface area contributed by atoms with E-state index in [0.29, 0.717) is 5.92 Å². The van der Waals surface area contributed by atoms with Gasteiger partial charge < -0.3 is 5.11 Å². The maximum Gasteiger partial charge on any atom is 0.0517 e. The molecule has 0 radical (unpaired) electrons. The van der Waals surface area contributed by atoms with Crippen molar-refractivity contribution >= 4 is 0 Å². The molecule has 0 aliphatic carbocycles. The molecule has 0 amide bonds. The number of hydrogen-bond acceptors (Lipinski definition) is 2. The van der Waals surface area contributed by atoms with Gasteiger partial charge in [-0.3, -0.25) is 4.98 Å². The lowest BCUT2D eigenvalue weighted by molar-refractivity contribution is 0.176. The number of rotatable bonds is 3. The molecule has 2 nitrogen and oxygen atoms in total. The highest BCUT2D eigenvalue weighted by molar-refractivity contribution is 5.24. The average Bonchev–Trinajstić information content (AvgIpc) is 2.03. The monoisotopic (exact) mass is 179 g/mol. The molecule has 0 saturated heterocycles. The van der Waals surface area contributed by atoms with Crippen LogP contribution in [-0.2, 0) is 0 Å². The van der Waals surface area contributed by atoms with Crippen molar-refractivity contribution in [3.63, 3.8) is 0 Å². The molecule has 0 saturated carbocycles. The molecule has 0 aromatic carbocycles. The fourth-order valence-electron chi connectivity index (χ4n) is 1.63. The van der Waals surface area contributed by atoms with Crippen molar-refractivity contribution in [3.8, 4) is 0 Å². The predicted octanol–water partition coefficient (Wildman–Crippen LogP) is 2.26. The van der Waals surface area contributed by atoms with Crippen molar-refractivity contribution in [2.45, 2.75) is 39.2 Å². The van der Waals surface area contributed by atoms with E-state index in [-0.39, 0.29) is 6.10 Å². The summed E-state index contributed by atoms with van der Waals surface area (Å²) in [5, 5.41) is 9.25. The number of aromatic nitrogens is 1. The SMILES string of the molecule is Cc1ccncc1C(C)CC(C)O. The molecule has 72 valence electrons. The number of nitrogens with zero attached hydrogens (tertiary/aromatic N) is 1. The molecular formula is C11H17NO. The van der Waals surface area contributed by atoms with Crippen LogP contribution in [0.5, 0.6) is 0 Å². The van der Waals surface area contributed by atoms with Crippen molar-refractivity contribution in [1.29, 1.82) is 0 Å². The Morgan fingerprint density at radius 2 is 2.15 bits per heavy atom. The summed E-state index contributed by atoms with van der Waals surface area (Å²) in [7, 11) is 0. The van der Waals surface area contributed by atoms with Gasteiger partial charge in [0.05, 0.1) is 6.10 Å². The second kappa shape index (κ2) is 4.38. The minimum Gasteiger partial charge on any atom is -0.393 e. The Morgan fingerprint density at radius 3 is 2.69 bits per heavy atom. The normalized spacial score (nSPS) is 15.4. The standard InChI is InChI=1S/C11H17NO/c1-8-4-5-12-7-11(8)9(2)6-10(3)13/h4-5,7,9-10,13H,6H2,1-3H3. The minimum absolute atomic E-state index is 0.241. The first-order valence-corrected chi connectivity index (χ1v) is 4.70. The highest BCUT2D eigenvalue weighted by Crippen LogP contribution is 2.22. The van der Waals surface area contributed by atoms with E-state index >= 15 is 0 Å². The van der Waals surface area contributed by atoms with Crippen LogP contribution in [0.25, 0.3) is 0 Å². The maximum absolute atomic E-state index is 9.25. The van der Waals surface area contributed by atoms with E-state index in [1.807, 2.05) is 19.2 Å². The van der Waals surface area contributed by atoms with Crippen LogP contribution >= 0.6 is 0 Å². The van der Waals surface area contributed by atoms with Crippen LogP contribution in [0.15, 0.2) is 18.5 Å². The fraction of sp³-hybridized carbons (Fsp3) is 0.545. The van der Waals surface area contributed by atoms with E-state index in [0.717, 1.165) is 6.42 Å². The lowest BCUT2D eigenvalue weighted by atomic mass is 9.94. The summed E-state index contributed by atoms with van der Waals surface area (Å²) in [5.41, 5.74) is 2.49. The first-order chi connectivity index (χ1) is 6.11. The highest BCUT2D eigenvalue weighted by Gasteiger charge is 2.10. The zero-order chi connectivity index (χ0) is 9.84. The lowest BCUT2D eigenvalue weighted by Gasteiger charge is -2.15. The van der Waals surface area contributed by atoms with Gasteiger partial charge in [-0.25, -0.2) is 0 Å². The van der Waals surface area contributed by atoms with Crippen LogP contribution in [0.3, 0.4) is 0 Å². The number of aryl methyl sites for hydroxylation is 1. The maximum atomic E-state index is 9.25. The predicted molar refractivity (Wildman–Crippen MR) is 53.7 cm³/mol. The summed E-state index contributed by atoms with van der Waals surface area (Å²) < 4.78 is 0. The second-order valence-electron chi connectivity index (χ2n) is 3.72. The number of aliphatic hydroxyl groups is 1. The number of pyridine rings is 1. The summed E-state index contributed by atoms with van der Waals surface area (Å²) >= 11 is 0. The largest absolute Gasteiger partial charge is 0.393 e. The molecular weight excluding hydrogens is 162 g/mol. The molecule has 0 fully saturated rings. The van der Waals surface area contributed by atoms with Gasteiger partial charge in [-0.05, 0) is 43.4 Å². The molecule has 0 aliphatic rings. The summed E-state index contributed by atoms with van der Waals surface area (Å²) in [5.74, 6) is 0.383. The van der Waals surface area contributed by atoms with Crippen LogP contribution in [0.4, 0.5) is 0 Å². The molecule has 1 aromatic heterocycles. The van der Waals surface area contributed by atoms with Crippen molar-refractivity contribution in [1.82, 2.24) is 4.98 Å². The average molecular weight is 179 g/mol. The van der Waals surface area contributed by atoms with E-state index in [1.54, 1.807) is 6.20 Å². The van der Waals surface area contributed by atoms with Gasteiger partial charge in [0.2, 0.25) is 0 Å². The minimum atomic E-state index is -0.241. The van der Waals surface area contributed by atoms with Crippen molar-refractivity contribution in [2.75, 3.05) is 0 Å². The van der Waals surface area contributed by atoms with Gasteiger partial charge in [-0.15, -0.1) is 0 Å². The Hall–Kier alpha value is -0.890. The molecule has 1 rings (SSSR count). The first-order valence-electron chi connectivity index (χ1n) is 4.70. The van der Waals surface area contributed by atoms with E-state index in [9.17, 15) is 5.11 Å². The van der Waals surface area contributed by atoms with Crippen LogP contribution in [-0.4, -0.2) is 16.2 Å². The topological polar surface area (TPSA) is 33.1 Å². The molecule has 2 atom stereocenters. The van der Waals surface area contributed by atoms with E-state index in [4.69, 9.17) is 0 Å². The first kappa shape index (κ1) is 10.2. The third kappa shape index (κ3) is 2.81. The van der Waals surface area contributed by atoms with Gasteiger partial charge in [0, 0.05) is 12.4 Å². The zero-order valence-corrected chi connectivity index (χ0v) is 8.49. The Bertz CT molecular complexity index is 271. The second-order valence-corrected chi connectivity index (χ2v) is 3.72. The zero-order valence-electron chi connectivity index (χ0n) is 8.49. The van der Waals surface area contributed by atoms with Crippen LogP contribution in [0, 0.1) is 6.92 Å². The van der Waals surface area contributed by atoms with Crippen LogP contribution in [0.2, 0.25) is 0 Å². The summed E-state index contributed by atoms with van der Waals surface area (Å²) in [6, 6.07) is 2.01. The molecule has 0 aliphatic heterocycles. The van der Waals surface area contributed by atoms with Gasteiger partial charge in [0.1, 0.15) is 0 Å². The van der Waals surface area contributed by atoms with Crippen LogP contribution < -0.4 is 0 Å². The van der Waals surface area contributed by atoms with E-state index in [2.05, 4.69) is 18.8 Å². The summed E-state index contributed by atoms with van der Waals surface area (Å²) in [6.07, 6.45) is 4.25. The molecule has 13 heavy (non-hydrogen) atoms. The third-order valence-corrected chi connectivity index (χ3v) is 2.31. The van der Waals surface area contributed by atoms with Crippen molar-refractivity contribution in [3.05, 3.63) is 29.6 Å². The fourth-order valence-corrected chi connectivity index (χ4v) is 1.63. The molecule has 1 heterocycles. The highest BCUT2D eigenvalue weighted by atomic mass is 16.3. The van der Waals surface area contributed by atoms with Gasteiger partial charge >= 0.3 is 0 Å². The Balaban J connectivity index is 2.76. The molecule has 1 N–H and O–H groups in total.